The van der Waals surface area contributed by atoms with Crippen molar-refractivity contribution in [2.45, 2.75) is 19.0 Å². The number of likely N-dealkylation sites (N-methyl/N-ethyl adjacent to an activating group) is 1. The highest BCUT2D eigenvalue weighted by Gasteiger charge is 2.29. The fraction of sp³-hybridized carbons (Fsp3) is 0.529. The molecule has 1 saturated heterocycles. The lowest BCUT2D eigenvalue weighted by molar-refractivity contribution is -0.122. The minimum atomic E-state index is -3.04. The van der Waals surface area contributed by atoms with Crippen molar-refractivity contribution in [2.24, 2.45) is 0 Å². The van der Waals surface area contributed by atoms with Gasteiger partial charge in [-0.05, 0) is 24.1 Å². The van der Waals surface area contributed by atoms with E-state index in [1.807, 2.05) is 43.3 Å². The van der Waals surface area contributed by atoms with Crippen LogP contribution in [0.25, 0.3) is 0 Å². The van der Waals surface area contributed by atoms with Crippen LogP contribution in [0, 0.1) is 0 Å². The monoisotopic (exact) mass is 382 g/mol. The Morgan fingerprint density at radius 2 is 1.81 bits per heavy atom. The number of sulfone groups is 1. The Kier molecular flexibility index (Phi) is 6.47. The molecule has 0 aromatic heterocycles. The number of carbonyl (C=O) groups is 2. The topological polar surface area (TPSA) is 98.8 Å². The predicted molar refractivity (Wildman–Crippen MR) is 101 cm³/mol. The van der Waals surface area contributed by atoms with Crippen LogP contribution in [0.1, 0.15) is 12.0 Å². The minimum absolute atomic E-state index is 0.0302. The highest BCUT2D eigenvalue weighted by molar-refractivity contribution is 7.91. The molecule has 2 rings (SSSR count). The highest BCUT2D eigenvalue weighted by atomic mass is 32.2. The standard InChI is InChI=1S/C17H26N4O4S/c1-20(2)15-6-4-13(5-7-15)10-18-17(23)21(3)11-16(22)19-14-8-9-26(24,25)12-14/h4-7,14H,8-12H2,1-3H3,(H,18,23)(H,19,22)/t14-/m0/s1. The maximum Gasteiger partial charge on any atom is 0.317 e. The molecule has 8 nitrogen and oxygen atoms in total. The van der Waals surface area contributed by atoms with Crippen LogP contribution in [-0.4, -0.2) is 70.5 Å². The Hall–Kier alpha value is -2.29. The van der Waals surface area contributed by atoms with Crippen LogP contribution in [0.15, 0.2) is 24.3 Å². The van der Waals surface area contributed by atoms with Crippen molar-refractivity contribution in [3.05, 3.63) is 29.8 Å². The summed E-state index contributed by atoms with van der Waals surface area (Å²) in [6.07, 6.45) is 0.424. The van der Waals surface area contributed by atoms with Crippen molar-refractivity contribution in [3.63, 3.8) is 0 Å². The van der Waals surface area contributed by atoms with E-state index in [2.05, 4.69) is 10.6 Å². The molecule has 0 bridgehead atoms. The Balaban J connectivity index is 1.75. The molecule has 1 heterocycles. The van der Waals surface area contributed by atoms with Crippen LogP contribution in [0.2, 0.25) is 0 Å². The summed E-state index contributed by atoms with van der Waals surface area (Å²) in [7, 11) is 2.39. The van der Waals surface area contributed by atoms with Crippen molar-refractivity contribution in [2.75, 3.05) is 44.1 Å². The summed E-state index contributed by atoms with van der Waals surface area (Å²) in [5.41, 5.74) is 2.03. The average molecular weight is 382 g/mol. The van der Waals surface area contributed by atoms with Crippen LogP contribution in [0.3, 0.4) is 0 Å². The number of nitrogens with one attached hydrogen (secondary N) is 2. The van der Waals surface area contributed by atoms with E-state index in [0.29, 0.717) is 13.0 Å². The molecule has 0 spiro atoms. The van der Waals surface area contributed by atoms with Gasteiger partial charge in [-0.1, -0.05) is 12.1 Å². The van der Waals surface area contributed by atoms with Gasteiger partial charge >= 0.3 is 6.03 Å². The third-order valence-electron chi connectivity index (χ3n) is 4.22. The molecular formula is C17H26N4O4S. The molecule has 1 aliphatic heterocycles. The van der Waals surface area contributed by atoms with E-state index in [4.69, 9.17) is 0 Å². The molecule has 2 N–H and O–H groups in total. The molecule has 1 aliphatic rings. The van der Waals surface area contributed by atoms with Crippen molar-refractivity contribution in [3.8, 4) is 0 Å². The van der Waals surface area contributed by atoms with E-state index < -0.39 is 9.84 Å². The van der Waals surface area contributed by atoms with Gasteiger partial charge in [0.15, 0.2) is 9.84 Å². The molecular weight excluding hydrogens is 356 g/mol. The Bertz CT molecular complexity index is 747. The van der Waals surface area contributed by atoms with Gasteiger partial charge in [-0.15, -0.1) is 0 Å². The van der Waals surface area contributed by atoms with E-state index >= 15 is 0 Å². The second-order valence-electron chi connectivity index (χ2n) is 6.74. The van der Waals surface area contributed by atoms with Crippen LogP contribution in [-0.2, 0) is 21.2 Å². The minimum Gasteiger partial charge on any atom is -0.378 e. The van der Waals surface area contributed by atoms with Crippen molar-refractivity contribution in [1.29, 1.82) is 0 Å². The lowest BCUT2D eigenvalue weighted by Gasteiger charge is -2.19. The molecule has 1 atom stereocenters. The third kappa shape index (κ3) is 5.91. The zero-order valence-corrected chi connectivity index (χ0v) is 16.2. The summed E-state index contributed by atoms with van der Waals surface area (Å²) < 4.78 is 22.8. The van der Waals surface area contributed by atoms with E-state index in [-0.39, 0.29) is 36.0 Å². The van der Waals surface area contributed by atoms with Gasteiger partial charge in [-0.2, -0.15) is 0 Å². The number of nitrogens with zero attached hydrogens (tertiary/aromatic N) is 2. The first-order chi connectivity index (χ1) is 12.2. The summed E-state index contributed by atoms with van der Waals surface area (Å²) in [6, 6.07) is 7.07. The number of amides is 3. The summed E-state index contributed by atoms with van der Waals surface area (Å²) >= 11 is 0. The molecule has 0 radical (unpaired) electrons. The summed E-state index contributed by atoms with van der Waals surface area (Å²) in [6.45, 7) is 0.237. The quantitative estimate of drug-likeness (QED) is 0.732. The zero-order chi connectivity index (χ0) is 19.3. The van der Waals surface area contributed by atoms with Crippen molar-refractivity contribution >= 4 is 27.5 Å². The maximum atomic E-state index is 12.1. The number of benzene rings is 1. The van der Waals surface area contributed by atoms with Gasteiger partial charge in [0.25, 0.3) is 0 Å². The van der Waals surface area contributed by atoms with Crippen LogP contribution in [0.4, 0.5) is 10.5 Å². The fourth-order valence-electron chi connectivity index (χ4n) is 2.69. The lowest BCUT2D eigenvalue weighted by Crippen LogP contribution is -2.45. The van der Waals surface area contributed by atoms with Gasteiger partial charge in [-0.3, -0.25) is 4.79 Å². The Morgan fingerprint density at radius 3 is 2.35 bits per heavy atom. The molecule has 26 heavy (non-hydrogen) atoms. The number of anilines is 1. The molecule has 144 valence electrons. The number of urea groups is 1. The van der Waals surface area contributed by atoms with E-state index in [9.17, 15) is 18.0 Å². The molecule has 0 saturated carbocycles. The summed E-state index contributed by atoms with van der Waals surface area (Å²) in [4.78, 5) is 27.3. The Labute approximate surface area is 154 Å². The predicted octanol–water partition coefficient (Wildman–Crippen LogP) is 0.197. The van der Waals surface area contributed by atoms with Crippen LogP contribution in [0.5, 0.6) is 0 Å². The highest BCUT2D eigenvalue weighted by Crippen LogP contribution is 2.12. The van der Waals surface area contributed by atoms with Gasteiger partial charge < -0.3 is 20.4 Å². The number of carbonyl (C=O) groups excluding carboxylic acids is 2. The first-order valence-corrected chi connectivity index (χ1v) is 10.2. The van der Waals surface area contributed by atoms with Gasteiger partial charge in [0.1, 0.15) is 6.54 Å². The SMILES string of the molecule is CN(CC(=O)N[C@H]1CCS(=O)(=O)C1)C(=O)NCc1ccc(N(C)C)cc1. The normalized spacial score (nSPS) is 18.2. The van der Waals surface area contributed by atoms with E-state index in [1.54, 1.807) is 0 Å². The fourth-order valence-corrected chi connectivity index (χ4v) is 4.37. The second-order valence-corrected chi connectivity index (χ2v) is 8.97. The number of hydrogen-bond donors (Lipinski definition) is 2. The molecule has 1 aromatic carbocycles. The van der Waals surface area contributed by atoms with Crippen LogP contribution < -0.4 is 15.5 Å². The zero-order valence-electron chi connectivity index (χ0n) is 15.4. The number of hydrogen-bond acceptors (Lipinski definition) is 5. The van der Waals surface area contributed by atoms with E-state index in [0.717, 1.165) is 11.3 Å². The van der Waals surface area contributed by atoms with Crippen molar-refractivity contribution < 1.29 is 18.0 Å². The summed E-state index contributed by atoms with van der Waals surface area (Å²) in [5.74, 6) is -0.293. The molecule has 1 aromatic rings. The average Bonchev–Trinajstić information content (AvgIpc) is 2.91. The largest absolute Gasteiger partial charge is 0.378 e. The van der Waals surface area contributed by atoms with Gasteiger partial charge in [-0.25, -0.2) is 13.2 Å². The smallest absolute Gasteiger partial charge is 0.317 e. The molecule has 9 heteroatoms. The molecule has 1 fully saturated rings. The Morgan fingerprint density at radius 1 is 1.15 bits per heavy atom. The lowest BCUT2D eigenvalue weighted by atomic mass is 10.2. The second kappa shape index (κ2) is 8.39. The summed E-state index contributed by atoms with van der Waals surface area (Å²) in [5, 5.41) is 5.42. The van der Waals surface area contributed by atoms with Crippen LogP contribution >= 0.6 is 0 Å². The van der Waals surface area contributed by atoms with Gasteiger partial charge in [0.2, 0.25) is 5.91 Å². The molecule has 3 amide bonds. The first kappa shape index (κ1) is 20.0. The maximum absolute atomic E-state index is 12.1. The van der Waals surface area contributed by atoms with E-state index in [1.165, 1.54) is 11.9 Å². The first-order valence-electron chi connectivity index (χ1n) is 8.41. The molecule has 0 aliphatic carbocycles. The van der Waals surface area contributed by atoms with Crippen molar-refractivity contribution in [1.82, 2.24) is 15.5 Å². The number of rotatable bonds is 6. The molecule has 0 unspecified atom stereocenters. The van der Waals surface area contributed by atoms with Gasteiger partial charge in [0.05, 0.1) is 11.5 Å². The van der Waals surface area contributed by atoms with Gasteiger partial charge in [0, 0.05) is 39.4 Å². The third-order valence-corrected chi connectivity index (χ3v) is 5.99.